The molecule has 4 heteroatoms. The molecule has 1 aliphatic heterocycles. The molecule has 0 bridgehead atoms. The molecule has 1 N–H and O–H groups in total. The molecule has 0 saturated carbocycles. The van der Waals surface area contributed by atoms with E-state index in [0.717, 1.165) is 50.2 Å². The highest BCUT2D eigenvalue weighted by Crippen LogP contribution is 2.24. The normalized spacial score (nSPS) is 16.4. The summed E-state index contributed by atoms with van der Waals surface area (Å²) < 4.78 is 0. The first-order valence-electron chi connectivity index (χ1n) is 8.52. The van der Waals surface area contributed by atoms with Gasteiger partial charge in [0.05, 0.1) is 0 Å². The molecule has 2 rings (SSSR count). The lowest BCUT2D eigenvalue weighted by molar-refractivity contribution is 0.376. The number of piperidine rings is 1. The van der Waals surface area contributed by atoms with Crippen LogP contribution in [0.1, 0.15) is 57.2 Å². The van der Waals surface area contributed by atoms with Crippen LogP contribution in [0.3, 0.4) is 0 Å². The fourth-order valence-electron chi connectivity index (χ4n) is 3.04. The summed E-state index contributed by atoms with van der Waals surface area (Å²) >= 11 is 0. The summed E-state index contributed by atoms with van der Waals surface area (Å²) in [4.78, 5) is 11.7. The number of rotatable bonds is 7. The van der Waals surface area contributed by atoms with Gasteiger partial charge in [-0.1, -0.05) is 26.7 Å². The molecule has 0 spiro atoms. The molecule has 0 aliphatic carbocycles. The van der Waals surface area contributed by atoms with Gasteiger partial charge < -0.3 is 10.2 Å². The lowest BCUT2D eigenvalue weighted by atomic mass is 9.93. The third kappa shape index (κ3) is 4.67. The molecule has 1 aromatic heterocycles. The minimum atomic E-state index is 0.874. The summed E-state index contributed by atoms with van der Waals surface area (Å²) in [6.45, 7) is 10.7. The third-order valence-electron chi connectivity index (χ3n) is 4.40. The highest BCUT2D eigenvalue weighted by atomic mass is 15.3. The van der Waals surface area contributed by atoms with Gasteiger partial charge in [0.1, 0.15) is 0 Å². The van der Waals surface area contributed by atoms with Crippen LogP contribution in [0.5, 0.6) is 0 Å². The molecule has 118 valence electrons. The summed E-state index contributed by atoms with van der Waals surface area (Å²) in [6, 6.07) is 0. The number of nitrogens with zero attached hydrogens (tertiary/aromatic N) is 3. The molecule has 0 amide bonds. The highest BCUT2D eigenvalue weighted by Gasteiger charge is 2.20. The van der Waals surface area contributed by atoms with Crippen molar-refractivity contribution in [3.8, 4) is 0 Å². The lowest BCUT2D eigenvalue weighted by Gasteiger charge is -2.32. The van der Waals surface area contributed by atoms with Gasteiger partial charge in [-0.15, -0.1) is 0 Å². The fourth-order valence-corrected chi connectivity index (χ4v) is 3.04. The average Bonchev–Trinajstić information content (AvgIpc) is 2.50. The van der Waals surface area contributed by atoms with E-state index in [1.165, 1.54) is 31.2 Å². The van der Waals surface area contributed by atoms with Crippen molar-refractivity contribution in [3.05, 3.63) is 17.5 Å². The Hall–Kier alpha value is -1.16. The van der Waals surface area contributed by atoms with Crippen LogP contribution in [0.15, 0.2) is 6.20 Å². The summed E-state index contributed by atoms with van der Waals surface area (Å²) in [5, 5.41) is 3.42. The molecule has 0 unspecified atom stereocenters. The van der Waals surface area contributed by atoms with Crippen molar-refractivity contribution in [3.63, 3.8) is 0 Å². The second kappa shape index (κ2) is 8.32. The lowest BCUT2D eigenvalue weighted by Crippen LogP contribution is -2.35. The Kier molecular flexibility index (Phi) is 6.43. The number of aromatic nitrogens is 2. The van der Waals surface area contributed by atoms with Crippen LogP contribution in [0.4, 0.5) is 5.95 Å². The molecule has 2 heterocycles. The topological polar surface area (TPSA) is 41.1 Å². The number of hydrogen-bond acceptors (Lipinski definition) is 4. The van der Waals surface area contributed by atoms with Crippen molar-refractivity contribution in [1.82, 2.24) is 15.3 Å². The average molecular weight is 290 g/mol. The van der Waals surface area contributed by atoms with Gasteiger partial charge in [-0.05, 0) is 38.6 Å². The van der Waals surface area contributed by atoms with E-state index >= 15 is 0 Å². The van der Waals surface area contributed by atoms with Crippen molar-refractivity contribution in [2.45, 2.75) is 59.4 Å². The highest BCUT2D eigenvalue weighted by molar-refractivity contribution is 5.33. The van der Waals surface area contributed by atoms with E-state index in [4.69, 9.17) is 4.98 Å². The van der Waals surface area contributed by atoms with Crippen molar-refractivity contribution in [2.75, 3.05) is 24.5 Å². The van der Waals surface area contributed by atoms with Crippen LogP contribution in [-0.4, -0.2) is 29.6 Å². The monoisotopic (exact) mass is 290 g/mol. The smallest absolute Gasteiger partial charge is 0.225 e. The third-order valence-corrected chi connectivity index (χ3v) is 4.40. The predicted octanol–water partition coefficient (Wildman–Crippen LogP) is 3.30. The summed E-state index contributed by atoms with van der Waals surface area (Å²) in [7, 11) is 0. The molecule has 0 radical (unpaired) electrons. The minimum absolute atomic E-state index is 0.874. The Balaban J connectivity index is 1.91. The number of hydrogen-bond donors (Lipinski definition) is 1. The maximum atomic E-state index is 4.72. The van der Waals surface area contributed by atoms with Crippen molar-refractivity contribution in [2.24, 2.45) is 5.92 Å². The Labute approximate surface area is 129 Å². The van der Waals surface area contributed by atoms with Gasteiger partial charge in [-0.3, -0.25) is 0 Å². The van der Waals surface area contributed by atoms with E-state index in [-0.39, 0.29) is 0 Å². The van der Waals surface area contributed by atoms with Gasteiger partial charge in [0.15, 0.2) is 0 Å². The molecular weight excluding hydrogens is 260 g/mol. The molecule has 1 saturated heterocycles. The zero-order chi connectivity index (χ0) is 15.1. The zero-order valence-electron chi connectivity index (χ0n) is 13.9. The summed E-state index contributed by atoms with van der Waals surface area (Å²) in [6.07, 6.45) is 8.41. The molecule has 1 aliphatic rings. The zero-order valence-corrected chi connectivity index (χ0v) is 13.9. The van der Waals surface area contributed by atoms with Crippen LogP contribution in [0.2, 0.25) is 0 Å². The number of aryl methyl sites for hydroxylation is 1. The molecule has 1 fully saturated rings. The number of anilines is 1. The van der Waals surface area contributed by atoms with E-state index < -0.39 is 0 Å². The van der Waals surface area contributed by atoms with Crippen molar-refractivity contribution in [1.29, 1.82) is 0 Å². The van der Waals surface area contributed by atoms with Gasteiger partial charge in [0, 0.05) is 37.1 Å². The summed E-state index contributed by atoms with van der Waals surface area (Å²) in [5.74, 6) is 1.83. The minimum Gasteiger partial charge on any atom is -0.341 e. The van der Waals surface area contributed by atoms with E-state index in [9.17, 15) is 0 Å². The first kappa shape index (κ1) is 16.2. The van der Waals surface area contributed by atoms with Gasteiger partial charge in [0.25, 0.3) is 0 Å². The molecule has 1 aromatic rings. The van der Waals surface area contributed by atoms with Crippen LogP contribution in [-0.2, 0) is 6.54 Å². The molecule has 0 aromatic carbocycles. The quantitative estimate of drug-likeness (QED) is 0.782. The van der Waals surface area contributed by atoms with Gasteiger partial charge >= 0.3 is 0 Å². The first-order chi connectivity index (χ1) is 10.2. The number of nitrogens with one attached hydrogen (secondary N) is 1. The molecule has 4 nitrogen and oxygen atoms in total. The second-order valence-corrected chi connectivity index (χ2v) is 6.18. The first-order valence-corrected chi connectivity index (χ1v) is 8.52. The Morgan fingerprint density at radius 3 is 2.62 bits per heavy atom. The van der Waals surface area contributed by atoms with Crippen molar-refractivity contribution < 1.29 is 0 Å². The second-order valence-electron chi connectivity index (χ2n) is 6.18. The standard InChI is InChI=1S/C17H30N4/c1-4-6-15-7-10-21(11-8-15)17-19-13-16(14(3)20-17)12-18-9-5-2/h13,15,18H,4-12H2,1-3H3. The van der Waals surface area contributed by atoms with Gasteiger partial charge in [-0.25, -0.2) is 9.97 Å². The Morgan fingerprint density at radius 1 is 1.24 bits per heavy atom. The maximum absolute atomic E-state index is 4.72. The van der Waals surface area contributed by atoms with Crippen LogP contribution < -0.4 is 10.2 Å². The van der Waals surface area contributed by atoms with Crippen LogP contribution >= 0.6 is 0 Å². The van der Waals surface area contributed by atoms with E-state index in [0.29, 0.717) is 0 Å². The van der Waals surface area contributed by atoms with Crippen LogP contribution in [0, 0.1) is 12.8 Å². The fraction of sp³-hybridized carbons (Fsp3) is 0.765. The van der Waals surface area contributed by atoms with Gasteiger partial charge in [-0.2, -0.15) is 0 Å². The molecule has 0 atom stereocenters. The molecule has 21 heavy (non-hydrogen) atoms. The van der Waals surface area contributed by atoms with Crippen molar-refractivity contribution >= 4 is 5.95 Å². The predicted molar refractivity (Wildman–Crippen MR) is 88.6 cm³/mol. The largest absolute Gasteiger partial charge is 0.341 e. The Morgan fingerprint density at radius 2 is 2.00 bits per heavy atom. The van der Waals surface area contributed by atoms with E-state index in [2.05, 4.69) is 36.0 Å². The van der Waals surface area contributed by atoms with Crippen LogP contribution in [0.25, 0.3) is 0 Å². The van der Waals surface area contributed by atoms with Gasteiger partial charge in [0.2, 0.25) is 5.95 Å². The molecular formula is C17H30N4. The van der Waals surface area contributed by atoms with E-state index in [1.54, 1.807) is 0 Å². The maximum Gasteiger partial charge on any atom is 0.225 e. The Bertz CT molecular complexity index is 425. The SMILES string of the molecule is CCCNCc1cnc(N2CCC(CCC)CC2)nc1C. The van der Waals surface area contributed by atoms with E-state index in [1.807, 2.05) is 6.20 Å². The summed E-state index contributed by atoms with van der Waals surface area (Å²) in [5.41, 5.74) is 2.33.